The van der Waals surface area contributed by atoms with Crippen molar-refractivity contribution >= 4 is 16.8 Å². The molecular formula is C17H20N2O2. The van der Waals surface area contributed by atoms with Crippen LogP contribution in [0.15, 0.2) is 24.3 Å². The average molecular weight is 284 g/mol. The molecular weight excluding hydrogens is 264 g/mol. The predicted octanol–water partition coefficient (Wildman–Crippen LogP) is 2.45. The molecule has 1 heterocycles. The third-order valence-electron chi connectivity index (χ3n) is 3.98. The fourth-order valence-corrected chi connectivity index (χ4v) is 2.71. The lowest BCUT2D eigenvalue weighted by molar-refractivity contribution is 0.0706. The van der Waals surface area contributed by atoms with E-state index in [1.807, 2.05) is 38.1 Å². The number of aliphatic hydroxyl groups is 1. The van der Waals surface area contributed by atoms with Gasteiger partial charge in [0.1, 0.15) is 0 Å². The number of pyridine rings is 1. The van der Waals surface area contributed by atoms with Crippen molar-refractivity contribution in [1.82, 2.24) is 9.88 Å². The fraction of sp³-hybridized carbons (Fsp3) is 0.412. The Morgan fingerprint density at radius 1 is 1.33 bits per heavy atom. The molecule has 110 valence electrons. The standard InChI is InChI=1S/C17H20N2O2/c1-11-3-6-16-13(9-11)10-15(12(2)18-16)17(21)19(7-8-20)14-4-5-14/h3,6,9-10,14,20H,4-5,7-8H2,1-2H3. The molecule has 0 atom stereocenters. The average Bonchev–Trinajstić information content (AvgIpc) is 3.28. The van der Waals surface area contributed by atoms with E-state index in [-0.39, 0.29) is 18.6 Å². The number of nitrogens with zero attached hydrogens (tertiary/aromatic N) is 2. The van der Waals surface area contributed by atoms with Gasteiger partial charge in [-0.25, -0.2) is 0 Å². The molecule has 0 unspecified atom stereocenters. The molecule has 3 rings (SSSR count). The van der Waals surface area contributed by atoms with Gasteiger partial charge in [-0.15, -0.1) is 0 Å². The van der Waals surface area contributed by atoms with Crippen LogP contribution < -0.4 is 0 Å². The second kappa shape index (κ2) is 5.45. The molecule has 1 aliphatic rings. The van der Waals surface area contributed by atoms with Crippen LogP contribution in [0.3, 0.4) is 0 Å². The van der Waals surface area contributed by atoms with E-state index in [0.29, 0.717) is 12.1 Å². The number of aryl methyl sites for hydroxylation is 2. The number of carbonyl (C=O) groups is 1. The number of benzene rings is 1. The lowest BCUT2D eigenvalue weighted by Gasteiger charge is -2.22. The van der Waals surface area contributed by atoms with E-state index in [1.54, 1.807) is 4.90 Å². The zero-order valence-corrected chi connectivity index (χ0v) is 12.5. The summed E-state index contributed by atoms with van der Waals surface area (Å²) in [6, 6.07) is 8.28. The summed E-state index contributed by atoms with van der Waals surface area (Å²) in [6.07, 6.45) is 2.07. The predicted molar refractivity (Wildman–Crippen MR) is 82.4 cm³/mol. The summed E-state index contributed by atoms with van der Waals surface area (Å²) >= 11 is 0. The van der Waals surface area contributed by atoms with Crippen molar-refractivity contribution < 1.29 is 9.90 Å². The molecule has 0 saturated heterocycles. The number of fused-ring (bicyclic) bond motifs is 1. The van der Waals surface area contributed by atoms with Gasteiger partial charge in [-0.3, -0.25) is 9.78 Å². The summed E-state index contributed by atoms with van der Waals surface area (Å²) in [5.41, 5.74) is 3.46. The van der Waals surface area contributed by atoms with Gasteiger partial charge in [0.2, 0.25) is 0 Å². The maximum atomic E-state index is 12.7. The van der Waals surface area contributed by atoms with Crippen molar-refractivity contribution in [1.29, 1.82) is 0 Å². The summed E-state index contributed by atoms with van der Waals surface area (Å²) in [4.78, 5) is 19.1. The van der Waals surface area contributed by atoms with Crippen molar-refractivity contribution in [2.75, 3.05) is 13.2 Å². The topological polar surface area (TPSA) is 53.4 Å². The summed E-state index contributed by atoms with van der Waals surface area (Å²) in [6.45, 7) is 4.30. The first-order valence-corrected chi connectivity index (χ1v) is 7.40. The first-order valence-electron chi connectivity index (χ1n) is 7.40. The van der Waals surface area contributed by atoms with Crippen molar-refractivity contribution in [3.8, 4) is 0 Å². The molecule has 1 saturated carbocycles. The Kier molecular flexibility index (Phi) is 3.64. The molecule has 21 heavy (non-hydrogen) atoms. The molecule has 1 aromatic heterocycles. The fourth-order valence-electron chi connectivity index (χ4n) is 2.71. The van der Waals surface area contributed by atoms with Crippen molar-refractivity contribution in [3.63, 3.8) is 0 Å². The first kappa shape index (κ1) is 14.0. The second-order valence-electron chi connectivity index (χ2n) is 5.77. The highest BCUT2D eigenvalue weighted by Crippen LogP contribution is 2.29. The molecule has 1 aliphatic carbocycles. The van der Waals surface area contributed by atoms with Crippen LogP contribution in [0, 0.1) is 13.8 Å². The Bertz CT molecular complexity index is 692. The Morgan fingerprint density at radius 3 is 2.76 bits per heavy atom. The maximum absolute atomic E-state index is 12.7. The molecule has 1 amide bonds. The van der Waals surface area contributed by atoms with Crippen molar-refractivity contribution in [2.24, 2.45) is 0 Å². The van der Waals surface area contributed by atoms with Gasteiger partial charge < -0.3 is 10.0 Å². The zero-order valence-electron chi connectivity index (χ0n) is 12.5. The number of aromatic nitrogens is 1. The second-order valence-corrected chi connectivity index (χ2v) is 5.77. The first-order chi connectivity index (χ1) is 10.1. The van der Waals surface area contributed by atoms with E-state index in [4.69, 9.17) is 0 Å². The van der Waals surface area contributed by atoms with Gasteiger partial charge in [-0.05, 0) is 44.9 Å². The van der Waals surface area contributed by atoms with Gasteiger partial charge in [-0.1, -0.05) is 11.6 Å². The van der Waals surface area contributed by atoms with E-state index in [2.05, 4.69) is 4.98 Å². The number of carbonyl (C=O) groups excluding carboxylic acids is 1. The zero-order chi connectivity index (χ0) is 15.0. The van der Waals surface area contributed by atoms with E-state index < -0.39 is 0 Å². The summed E-state index contributed by atoms with van der Waals surface area (Å²) in [5.74, 6) is -0.0139. The minimum absolute atomic E-state index is 0.00139. The van der Waals surface area contributed by atoms with Crippen molar-refractivity contribution in [3.05, 3.63) is 41.1 Å². The van der Waals surface area contributed by atoms with Gasteiger partial charge in [0.25, 0.3) is 5.91 Å². The quantitative estimate of drug-likeness (QED) is 0.938. The summed E-state index contributed by atoms with van der Waals surface area (Å²) < 4.78 is 0. The van der Waals surface area contributed by atoms with Gasteiger partial charge in [0, 0.05) is 18.0 Å². The third kappa shape index (κ3) is 2.76. The molecule has 0 bridgehead atoms. The third-order valence-corrected chi connectivity index (χ3v) is 3.98. The minimum atomic E-state index is -0.0139. The SMILES string of the molecule is Cc1ccc2nc(C)c(C(=O)N(CCO)C3CC3)cc2c1. The maximum Gasteiger partial charge on any atom is 0.256 e. The highest BCUT2D eigenvalue weighted by molar-refractivity contribution is 5.99. The monoisotopic (exact) mass is 284 g/mol. The summed E-state index contributed by atoms with van der Waals surface area (Å²) in [7, 11) is 0. The van der Waals surface area contributed by atoms with Crippen LogP contribution >= 0.6 is 0 Å². The number of hydrogen-bond donors (Lipinski definition) is 1. The van der Waals surface area contributed by atoms with Gasteiger partial charge >= 0.3 is 0 Å². The van der Waals surface area contributed by atoms with Crippen LogP contribution in [0.1, 0.15) is 34.5 Å². The molecule has 1 aromatic carbocycles. The van der Waals surface area contributed by atoms with E-state index in [1.165, 1.54) is 0 Å². The Labute approximate surface area is 124 Å². The molecule has 1 fully saturated rings. The summed E-state index contributed by atoms with van der Waals surface area (Å²) in [5, 5.41) is 10.2. The molecule has 4 nitrogen and oxygen atoms in total. The Hall–Kier alpha value is -1.94. The van der Waals surface area contributed by atoms with Crippen LogP contribution in [0.25, 0.3) is 10.9 Å². The van der Waals surface area contributed by atoms with Crippen LogP contribution in [-0.2, 0) is 0 Å². The Balaban J connectivity index is 2.01. The molecule has 0 spiro atoms. The van der Waals surface area contributed by atoms with Gasteiger partial charge in [0.15, 0.2) is 0 Å². The molecule has 4 heteroatoms. The number of aliphatic hydroxyl groups excluding tert-OH is 1. The molecule has 1 N–H and O–H groups in total. The Morgan fingerprint density at radius 2 is 2.10 bits per heavy atom. The highest BCUT2D eigenvalue weighted by atomic mass is 16.3. The normalized spacial score (nSPS) is 14.4. The largest absolute Gasteiger partial charge is 0.395 e. The molecule has 0 radical (unpaired) electrons. The minimum Gasteiger partial charge on any atom is -0.395 e. The van der Waals surface area contributed by atoms with Crippen LogP contribution in [-0.4, -0.2) is 40.1 Å². The number of hydrogen-bond acceptors (Lipinski definition) is 3. The molecule has 0 aliphatic heterocycles. The van der Waals surface area contributed by atoms with Crippen LogP contribution in [0.5, 0.6) is 0 Å². The van der Waals surface area contributed by atoms with Gasteiger partial charge in [-0.2, -0.15) is 0 Å². The highest BCUT2D eigenvalue weighted by Gasteiger charge is 2.33. The van der Waals surface area contributed by atoms with Crippen LogP contribution in [0.4, 0.5) is 0 Å². The lowest BCUT2D eigenvalue weighted by atomic mass is 10.1. The van der Waals surface area contributed by atoms with E-state index in [9.17, 15) is 9.90 Å². The van der Waals surface area contributed by atoms with Gasteiger partial charge in [0.05, 0.1) is 23.4 Å². The van der Waals surface area contributed by atoms with E-state index >= 15 is 0 Å². The number of amides is 1. The smallest absolute Gasteiger partial charge is 0.256 e. The van der Waals surface area contributed by atoms with E-state index in [0.717, 1.165) is 35.0 Å². The molecule has 2 aromatic rings. The lowest BCUT2D eigenvalue weighted by Crippen LogP contribution is -2.36. The van der Waals surface area contributed by atoms with Crippen molar-refractivity contribution in [2.45, 2.75) is 32.7 Å². The number of rotatable bonds is 4. The van der Waals surface area contributed by atoms with Crippen LogP contribution in [0.2, 0.25) is 0 Å².